The molecule has 118 valence electrons. The van der Waals surface area contributed by atoms with E-state index in [0.29, 0.717) is 6.04 Å². The molecule has 0 amide bonds. The topological polar surface area (TPSA) is 15.3 Å². The summed E-state index contributed by atoms with van der Waals surface area (Å²) in [5.74, 6) is 0. The van der Waals surface area contributed by atoms with Gasteiger partial charge in [0.05, 0.1) is 0 Å². The molecule has 21 heavy (non-hydrogen) atoms. The van der Waals surface area contributed by atoms with Crippen LogP contribution in [0.5, 0.6) is 0 Å². The van der Waals surface area contributed by atoms with Crippen molar-refractivity contribution < 1.29 is 0 Å². The molecular weight excluding hydrogens is 303 g/mol. The van der Waals surface area contributed by atoms with Crippen molar-refractivity contribution in [2.45, 2.75) is 58.2 Å². The summed E-state index contributed by atoms with van der Waals surface area (Å²) in [6.45, 7) is 9.72. The number of hydrogen-bond acceptors (Lipinski definition) is 2. The van der Waals surface area contributed by atoms with Crippen LogP contribution in [0.1, 0.15) is 45.6 Å². The van der Waals surface area contributed by atoms with Crippen molar-refractivity contribution in [3.63, 3.8) is 0 Å². The minimum atomic E-state index is 0.203. The second kappa shape index (κ2) is 7.32. The fourth-order valence-corrected chi connectivity index (χ4v) is 3.81. The number of benzene rings is 1. The summed E-state index contributed by atoms with van der Waals surface area (Å²) in [6.07, 6.45) is 3.42. The van der Waals surface area contributed by atoms with E-state index in [9.17, 15) is 0 Å². The van der Waals surface area contributed by atoms with Gasteiger partial charge in [0, 0.05) is 46.8 Å². The van der Waals surface area contributed by atoms with Gasteiger partial charge >= 0.3 is 0 Å². The molecule has 0 bridgehead atoms. The fraction of sp³-hybridized carbons (Fsp3) is 0.647. The molecule has 1 fully saturated rings. The number of piperazine rings is 1. The summed E-state index contributed by atoms with van der Waals surface area (Å²) in [7, 11) is 0. The molecule has 1 saturated heterocycles. The molecule has 0 saturated carbocycles. The van der Waals surface area contributed by atoms with Crippen molar-refractivity contribution >= 4 is 23.2 Å². The average Bonchev–Trinajstić information content (AvgIpc) is 2.51. The highest BCUT2D eigenvalue weighted by Crippen LogP contribution is 2.33. The third kappa shape index (κ3) is 3.56. The standard InChI is InChI=1S/C17H26Cl2N2/c1-4-13-10-21(17(5-2,6-3)12-20-13)11-14-15(18)8-7-9-16(14)19/h7-9,13,20H,4-6,10-12H2,1-3H3. The molecule has 4 heteroatoms. The van der Waals surface area contributed by atoms with Crippen LogP contribution in [0, 0.1) is 0 Å². The highest BCUT2D eigenvalue weighted by Gasteiger charge is 2.38. The highest BCUT2D eigenvalue weighted by atomic mass is 35.5. The van der Waals surface area contributed by atoms with Gasteiger partial charge in [-0.3, -0.25) is 4.90 Å². The van der Waals surface area contributed by atoms with Crippen molar-refractivity contribution in [2.75, 3.05) is 13.1 Å². The van der Waals surface area contributed by atoms with Crippen LogP contribution in [-0.2, 0) is 6.54 Å². The zero-order valence-electron chi connectivity index (χ0n) is 13.3. The van der Waals surface area contributed by atoms with Gasteiger partial charge in [0.15, 0.2) is 0 Å². The minimum Gasteiger partial charge on any atom is -0.311 e. The molecule has 1 aromatic rings. The molecule has 1 unspecified atom stereocenters. The molecule has 0 radical (unpaired) electrons. The molecule has 2 nitrogen and oxygen atoms in total. The van der Waals surface area contributed by atoms with Crippen LogP contribution in [0.15, 0.2) is 18.2 Å². The lowest BCUT2D eigenvalue weighted by Crippen LogP contribution is -2.63. The van der Waals surface area contributed by atoms with Crippen LogP contribution in [0.25, 0.3) is 0 Å². The van der Waals surface area contributed by atoms with Crippen molar-refractivity contribution in [1.82, 2.24) is 10.2 Å². The molecule has 1 aliphatic heterocycles. The Kier molecular flexibility index (Phi) is 5.96. The molecular formula is C17H26Cl2N2. The van der Waals surface area contributed by atoms with Gasteiger partial charge in [0.1, 0.15) is 0 Å². The normalized spacial score (nSPS) is 22.4. The first-order chi connectivity index (χ1) is 10.1. The predicted molar refractivity (Wildman–Crippen MR) is 92.3 cm³/mol. The van der Waals surface area contributed by atoms with Gasteiger partial charge in [-0.15, -0.1) is 0 Å². The fourth-order valence-electron chi connectivity index (χ4n) is 3.30. The zero-order chi connectivity index (χ0) is 15.5. The lowest BCUT2D eigenvalue weighted by molar-refractivity contribution is 0.0238. The van der Waals surface area contributed by atoms with E-state index in [0.717, 1.165) is 54.5 Å². The Bertz CT molecular complexity index is 452. The molecule has 2 rings (SSSR count). The molecule has 1 heterocycles. The van der Waals surface area contributed by atoms with E-state index >= 15 is 0 Å². The van der Waals surface area contributed by atoms with E-state index in [-0.39, 0.29) is 5.54 Å². The van der Waals surface area contributed by atoms with Crippen molar-refractivity contribution in [3.05, 3.63) is 33.8 Å². The molecule has 1 aromatic carbocycles. The van der Waals surface area contributed by atoms with E-state index in [1.165, 1.54) is 0 Å². The van der Waals surface area contributed by atoms with Gasteiger partial charge < -0.3 is 5.32 Å². The molecule has 1 atom stereocenters. The maximum atomic E-state index is 6.37. The Labute approximate surface area is 138 Å². The second-order valence-electron chi connectivity index (χ2n) is 6.00. The first-order valence-corrected chi connectivity index (χ1v) is 8.73. The van der Waals surface area contributed by atoms with Crippen molar-refractivity contribution in [2.24, 2.45) is 0 Å². The number of nitrogens with one attached hydrogen (secondary N) is 1. The lowest BCUT2D eigenvalue weighted by Gasteiger charge is -2.50. The van der Waals surface area contributed by atoms with Crippen LogP contribution in [0.3, 0.4) is 0 Å². The summed E-state index contributed by atoms with van der Waals surface area (Å²) < 4.78 is 0. The van der Waals surface area contributed by atoms with Crippen LogP contribution in [0.2, 0.25) is 10.0 Å². The summed E-state index contributed by atoms with van der Waals surface area (Å²) in [5, 5.41) is 5.25. The average molecular weight is 329 g/mol. The van der Waals surface area contributed by atoms with Gasteiger partial charge in [-0.05, 0) is 31.4 Å². The Morgan fingerprint density at radius 1 is 1.19 bits per heavy atom. The van der Waals surface area contributed by atoms with Crippen LogP contribution >= 0.6 is 23.2 Å². The van der Waals surface area contributed by atoms with E-state index in [1.807, 2.05) is 18.2 Å². The zero-order valence-corrected chi connectivity index (χ0v) is 14.8. The second-order valence-corrected chi connectivity index (χ2v) is 6.81. The maximum Gasteiger partial charge on any atom is 0.0465 e. The highest BCUT2D eigenvalue weighted by molar-refractivity contribution is 6.35. The SMILES string of the molecule is CCC1CN(Cc2c(Cl)cccc2Cl)C(CC)(CC)CN1. The summed E-state index contributed by atoms with van der Waals surface area (Å²) in [4.78, 5) is 2.59. The Hall–Kier alpha value is -0.280. The first-order valence-electron chi connectivity index (χ1n) is 7.97. The summed E-state index contributed by atoms with van der Waals surface area (Å²) in [5.41, 5.74) is 1.26. The Morgan fingerprint density at radius 2 is 1.81 bits per heavy atom. The molecule has 1 N–H and O–H groups in total. The summed E-state index contributed by atoms with van der Waals surface area (Å²) >= 11 is 12.7. The summed E-state index contributed by atoms with van der Waals surface area (Å²) in [6, 6.07) is 6.33. The Balaban J connectivity index is 2.28. The quantitative estimate of drug-likeness (QED) is 0.840. The lowest BCUT2D eigenvalue weighted by atomic mass is 9.86. The molecule has 0 spiro atoms. The predicted octanol–water partition coefficient (Wildman–Crippen LogP) is 4.74. The largest absolute Gasteiger partial charge is 0.311 e. The minimum absolute atomic E-state index is 0.203. The maximum absolute atomic E-state index is 6.37. The van der Waals surface area contributed by atoms with Crippen LogP contribution in [0.4, 0.5) is 0 Å². The third-order valence-electron chi connectivity index (χ3n) is 5.05. The van der Waals surface area contributed by atoms with Crippen LogP contribution in [-0.4, -0.2) is 29.6 Å². The van der Waals surface area contributed by atoms with E-state index in [1.54, 1.807) is 0 Å². The van der Waals surface area contributed by atoms with Gasteiger partial charge in [-0.2, -0.15) is 0 Å². The van der Waals surface area contributed by atoms with Crippen LogP contribution < -0.4 is 5.32 Å². The molecule has 0 aliphatic carbocycles. The van der Waals surface area contributed by atoms with Gasteiger partial charge in [0.25, 0.3) is 0 Å². The van der Waals surface area contributed by atoms with E-state index < -0.39 is 0 Å². The van der Waals surface area contributed by atoms with Gasteiger partial charge in [-0.1, -0.05) is 50.0 Å². The molecule has 1 aliphatic rings. The number of halogens is 2. The van der Waals surface area contributed by atoms with Crippen molar-refractivity contribution in [3.8, 4) is 0 Å². The van der Waals surface area contributed by atoms with Crippen molar-refractivity contribution in [1.29, 1.82) is 0 Å². The first kappa shape index (κ1) is 17.1. The van der Waals surface area contributed by atoms with Gasteiger partial charge in [-0.25, -0.2) is 0 Å². The van der Waals surface area contributed by atoms with E-state index in [4.69, 9.17) is 23.2 Å². The third-order valence-corrected chi connectivity index (χ3v) is 5.76. The van der Waals surface area contributed by atoms with E-state index in [2.05, 4.69) is 31.0 Å². The number of nitrogens with zero attached hydrogens (tertiary/aromatic N) is 1. The number of rotatable bonds is 5. The smallest absolute Gasteiger partial charge is 0.0465 e. The number of hydrogen-bond donors (Lipinski definition) is 1. The van der Waals surface area contributed by atoms with Gasteiger partial charge in [0.2, 0.25) is 0 Å². The molecule has 0 aromatic heterocycles. The Morgan fingerprint density at radius 3 is 2.33 bits per heavy atom. The monoisotopic (exact) mass is 328 g/mol.